The Balaban J connectivity index is 1.58. The summed E-state index contributed by atoms with van der Waals surface area (Å²) in [4.78, 5) is 16.0. The minimum absolute atomic E-state index is 0.110. The van der Waals surface area contributed by atoms with Gasteiger partial charge in [0.05, 0.1) is 30.0 Å². The van der Waals surface area contributed by atoms with Gasteiger partial charge < -0.3 is 0 Å². The van der Waals surface area contributed by atoms with Gasteiger partial charge >= 0.3 is 0 Å². The minimum Gasteiger partial charge on any atom is -0.293 e. The molecule has 0 bridgehead atoms. The maximum atomic E-state index is 13.8. The average Bonchev–Trinajstić information content (AvgIpc) is 3.17. The van der Waals surface area contributed by atoms with Crippen LogP contribution in [0.15, 0.2) is 30.7 Å². The van der Waals surface area contributed by atoms with Crippen molar-refractivity contribution < 1.29 is 9.18 Å². The molecule has 26 heavy (non-hydrogen) atoms. The molecule has 3 rings (SSSR count). The van der Waals surface area contributed by atoms with Gasteiger partial charge in [0.15, 0.2) is 0 Å². The van der Waals surface area contributed by atoms with Crippen molar-refractivity contribution in [2.45, 2.75) is 26.4 Å². The van der Waals surface area contributed by atoms with Crippen LogP contribution in [0.5, 0.6) is 0 Å². The summed E-state index contributed by atoms with van der Waals surface area (Å²) >= 11 is 11.9. The second kappa shape index (κ2) is 7.84. The fourth-order valence-corrected chi connectivity index (χ4v) is 2.68. The van der Waals surface area contributed by atoms with Gasteiger partial charge in [-0.25, -0.2) is 14.1 Å². The topological polar surface area (TPSA) is 77.6 Å². The number of anilines is 1. The van der Waals surface area contributed by atoms with Crippen LogP contribution >= 0.6 is 23.2 Å². The standard InChI is InChI=1S/C16H15Cl2FN6O/c1-10-13(18)7-21-25(10)6-5-15(26)22-16-20-9-24(23-16)8-11-12(17)3-2-4-14(11)19/h2-4,7,9H,5-6,8H2,1H3,(H,22,23,26). The first-order valence-corrected chi connectivity index (χ1v) is 8.49. The van der Waals surface area contributed by atoms with E-state index in [1.807, 2.05) is 6.92 Å². The van der Waals surface area contributed by atoms with E-state index in [4.69, 9.17) is 23.2 Å². The quantitative estimate of drug-likeness (QED) is 0.693. The highest BCUT2D eigenvalue weighted by Gasteiger charge is 2.12. The Kier molecular flexibility index (Phi) is 5.53. The molecule has 0 aliphatic carbocycles. The molecule has 0 radical (unpaired) electrons. The van der Waals surface area contributed by atoms with Gasteiger partial charge in [-0.1, -0.05) is 29.3 Å². The number of aryl methyl sites for hydroxylation is 1. The predicted octanol–water partition coefficient (Wildman–Crippen LogP) is 3.31. The molecule has 10 heteroatoms. The van der Waals surface area contributed by atoms with Crippen molar-refractivity contribution in [3.8, 4) is 0 Å². The van der Waals surface area contributed by atoms with Gasteiger partial charge in [0, 0.05) is 17.0 Å². The fourth-order valence-electron chi connectivity index (χ4n) is 2.32. The monoisotopic (exact) mass is 396 g/mol. The Morgan fingerprint density at radius 2 is 2.12 bits per heavy atom. The number of benzene rings is 1. The molecule has 2 aromatic heterocycles. The van der Waals surface area contributed by atoms with Gasteiger partial charge in [-0.15, -0.1) is 5.10 Å². The fraction of sp³-hybridized carbons (Fsp3) is 0.250. The van der Waals surface area contributed by atoms with Crippen LogP contribution in [-0.4, -0.2) is 30.5 Å². The third-order valence-electron chi connectivity index (χ3n) is 3.76. The molecule has 1 amide bonds. The lowest BCUT2D eigenvalue weighted by atomic mass is 10.2. The largest absolute Gasteiger partial charge is 0.293 e. The van der Waals surface area contributed by atoms with Crippen LogP contribution in [0.4, 0.5) is 10.3 Å². The molecule has 1 aromatic carbocycles. The Bertz CT molecular complexity index is 918. The summed E-state index contributed by atoms with van der Waals surface area (Å²) in [5.74, 6) is -0.554. The van der Waals surface area contributed by atoms with E-state index >= 15 is 0 Å². The molecule has 3 aromatic rings. The van der Waals surface area contributed by atoms with Gasteiger partial charge in [-0.05, 0) is 19.1 Å². The van der Waals surface area contributed by atoms with Crippen molar-refractivity contribution in [3.05, 3.63) is 57.8 Å². The van der Waals surface area contributed by atoms with Crippen molar-refractivity contribution in [2.24, 2.45) is 0 Å². The van der Waals surface area contributed by atoms with E-state index in [9.17, 15) is 9.18 Å². The van der Waals surface area contributed by atoms with Crippen molar-refractivity contribution in [1.82, 2.24) is 24.5 Å². The highest BCUT2D eigenvalue weighted by Crippen LogP contribution is 2.20. The number of hydrogen-bond donors (Lipinski definition) is 1. The first-order valence-electron chi connectivity index (χ1n) is 7.74. The number of carbonyl (C=O) groups excluding carboxylic acids is 1. The van der Waals surface area contributed by atoms with Gasteiger partial charge in [-0.2, -0.15) is 5.10 Å². The third-order valence-corrected chi connectivity index (χ3v) is 4.49. The van der Waals surface area contributed by atoms with Gasteiger partial charge in [0.25, 0.3) is 0 Å². The van der Waals surface area contributed by atoms with Crippen LogP contribution in [-0.2, 0) is 17.9 Å². The van der Waals surface area contributed by atoms with Crippen LogP contribution < -0.4 is 5.32 Å². The zero-order valence-corrected chi connectivity index (χ0v) is 15.3. The Morgan fingerprint density at radius 3 is 2.81 bits per heavy atom. The summed E-state index contributed by atoms with van der Waals surface area (Å²) in [5, 5.41) is 11.6. The van der Waals surface area contributed by atoms with E-state index in [-0.39, 0.29) is 24.8 Å². The number of rotatable bonds is 6. The molecular formula is C16H15Cl2FN6O. The number of amides is 1. The number of nitrogens with one attached hydrogen (secondary N) is 1. The van der Waals surface area contributed by atoms with E-state index in [1.165, 1.54) is 29.3 Å². The van der Waals surface area contributed by atoms with Crippen LogP contribution in [0.2, 0.25) is 10.0 Å². The molecule has 0 aliphatic heterocycles. The summed E-state index contributed by atoms with van der Waals surface area (Å²) in [6.07, 6.45) is 3.12. The van der Waals surface area contributed by atoms with Crippen LogP contribution in [0, 0.1) is 12.7 Å². The van der Waals surface area contributed by atoms with Crippen molar-refractivity contribution in [1.29, 1.82) is 0 Å². The van der Waals surface area contributed by atoms with Crippen molar-refractivity contribution >= 4 is 35.1 Å². The number of carbonyl (C=O) groups is 1. The molecule has 2 heterocycles. The lowest BCUT2D eigenvalue weighted by molar-refractivity contribution is -0.116. The SMILES string of the molecule is Cc1c(Cl)cnn1CCC(=O)Nc1ncn(Cc2c(F)cccc2Cl)n1. The zero-order chi connectivity index (χ0) is 18.7. The van der Waals surface area contributed by atoms with Gasteiger partial charge in [-0.3, -0.25) is 14.8 Å². The molecule has 1 N–H and O–H groups in total. The van der Waals surface area contributed by atoms with E-state index in [1.54, 1.807) is 10.7 Å². The summed E-state index contributed by atoms with van der Waals surface area (Å²) in [5.41, 5.74) is 1.10. The number of aromatic nitrogens is 5. The molecular weight excluding hydrogens is 382 g/mol. The number of hydrogen-bond acceptors (Lipinski definition) is 4. The Hall–Kier alpha value is -2.45. The number of halogens is 3. The van der Waals surface area contributed by atoms with E-state index in [2.05, 4.69) is 20.5 Å². The smallest absolute Gasteiger partial charge is 0.248 e. The molecule has 136 valence electrons. The van der Waals surface area contributed by atoms with Crippen molar-refractivity contribution in [3.63, 3.8) is 0 Å². The normalized spacial score (nSPS) is 10.9. The summed E-state index contributed by atoms with van der Waals surface area (Å²) in [7, 11) is 0. The molecule has 0 saturated heterocycles. The summed E-state index contributed by atoms with van der Waals surface area (Å²) in [6, 6.07) is 4.45. The lowest BCUT2D eigenvalue weighted by Gasteiger charge is -2.05. The van der Waals surface area contributed by atoms with Crippen LogP contribution in [0.1, 0.15) is 17.7 Å². The van der Waals surface area contributed by atoms with Crippen LogP contribution in [0.25, 0.3) is 0 Å². The molecule has 0 fully saturated rings. The van der Waals surface area contributed by atoms with Gasteiger partial charge in [0.2, 0.25) is 11.9 Å². The first kappa shape index (κ1) is 18.3. The Morgan fingerprint density at radius 1 is 1.31 bits per heavy atom. The first-order chi connectivity index (χ1) is 12.4. The second-order valence-corrected chi connectivity index (χ2v) is 6.38. The molecule has 0 spiro atoms. The minimum atomic E-state index is -0.424. The summed E-state index contributed by atoms with van der Waals surface area (Å²) in [6.45, 7) is 2.32. The Labute approximate surface area is 158 Å². The predicted molar refractivity (Wildman–Crippen MR) is 95.8 cm³/mol. The summed E-state index contributed by atoms with van der Waals surface area (Å²) < 4.78 is 16.9. The second-order valence-electron chi connectivity index (χ2n) is 5.57. The third kappa shape index (κ3) is 4.20. The zero-order valence-electron chi connectivity index (χ0n) is 13.8. The molecule has 0 unspecified atom stereocenters. The van der Waals surface area contributed by atoms with E-state index in [0.717, 1.165) is 5.69 Å². The van der Waals surface area contributed by atoms with Crippen LogP contribution in [0.3, 0.4) is 0 Å². The lowest BCUT2D eigenvalue weighted by Crippen LogP contribution is -2.16. The highest BCUT2D eigenvalue weighted by atomic mass is 35.5. The van der Waals surface area contributed by atoms with E-state index < -0.39 is 5.82 Å². The number of nitrogens with zero attached hydrogens (tertiary/aromatic N) is 5. The van der Waals surface area contributed by atoms with Crippen molar-refractivity contribution in [2.75, 3.05) is 5.32 Å². The molecule has 0 aliphatic rings. The highest BCUT2D eigenvalue weighted by molar-refractivity contribution is 6.31. The maximum Gasteiger partial charge on any atom is 0.248 e. The molecule has 7 nitrogen and oxygen atoms in total. The maximum absolute atomic E-state index is 13.8. The average molecular weight is 397 g/mol. The van der Waals surface area contributed by atoms with Gasteiger partial charge in [0.1, 0.15) is 12.1 Å². The molecule has 0 saturated carbocycles. The van der Waals surface area contributed by atoms with E-state index in [0.29, 0.717) is 22.2 Å². The molecule has 0 atom stereocenters.